The highest BCUT2D eigenvalue weighted by molar-refractivity contribution is 6.24. The number of alkyl halides is 3. The van der Waals surface area contributed by atoms with Gasteiger partial charge in [0.25, 0.3) is 11.8 Å². The number of nitrogens with one attached hydrogen (secondary N) is 1. The van der Waals surface area contributed by atoms with Crippen LogP contribution in [0.3, 0.4) is 0 Å². The Balaban J connectivity index is 1.54. The molecule has 166 valence electrons. The number of piperidine rings is 2. The molecule has 0 aliphatic carbocycles. The number of hydrogen-bond acceptors (Lipinski definition) is 6. The van der Waals surface area contributed by atoms with Gasteiger partial charge >= 0.3 is 6.18 Å². The molecule has 3 unspecified atom stereocenters. The summed E-state index contributed by atoms with van der Waals surface area (Å²) in [4.78, 5) is 52.1. The first-order valence-corrected chi connectivity index (χ1v) is 9.96. The van der Waals surface area contributed by atoms with Crippen LogP contribution in [0.15, 0.2) is 18.2 Å². The molecule has 3 heterocycles. The average molecular weight is 438 g/mol. The summed E-state index contributed by atoms with van der Waals surface area (Å²) in [7, 11) is 0. The molecule has 2 fully saturated rings. The molecule has 2 saturated heterocycles. The Labute approximate surface area is 175 Å². The van der Waals surface area contributed by atoms with Gasteiger partial charge in [-0.15, -0.1) is 0 Å². The van der Waals surface area contributed by atoms with Crippen molar-refractivity contribution >= 4 is 23.6 Å². The van der Waals surface area contributed by atoms with Crippen LogP contribution in [0.5, 0.6) is 0 Å². The zero-order valence-corrected chi connectivity index (χ0v) is 16.4. The number of halogens is 3. The van der Waals surface area contributed by atoms with Gasteiger partial charge in [0.15, 0.2) is 0 Å². The molecule has 0 radical (unpaired) electrons. The van der Waals surface area contributed by atoms with Crippen LogP contribution in [-0.4, -0.2) is 64.8 Å². The molecule has 4 rings (SSSR count). The van der Waals surface area contributed by atoms with Crippen molar-refractivity contribution in [2.75, 3.05) is 13.1 Å². The van der Waals surface area contributed by atoms with Crippen LogP contribution in [0.4, 0.5) is 13.2 Å². The van der Waals surface area contributed by atoms with Gasteiger partial charge in [0.2, 0.25) is 11.8 Å². The lowest BCUT2D eigenvalue weighted by molar-refractivity contribution is -0.189. The van der Waals surface area contributed by atoms with E-state index in [9.17, 15) is 32.3 Å². The number of hydrogen-bond donors (Lipinski definition) is 2. The maximum absolute atomic E-state index is 13.1. The average Bonchev–Trinajstić information content (AvgIpc) is 2.93. The molecular weight excluding hydrogens is 417 g/mol. The van der Waals surface area contributed by atoms with Crippen molar-refractivity contribution in [2.45, 2.75) is 44.1 Å². The summed E-state index contributed by atoms with van der Waals surface area (Å²) in [6, 6.07) is 2.55. The van der Waals surface area contributed by atoms with Crippen molar-refractivity contribution in [3.05, 3.63) is 34.9 Å². The summed E-state index contributed by atoms with van der Waals surface area (Å²) in [5, 5.41) is 2.14. The minimum atomic E-state index is -4.36. The van der Waals surface area contributed by atoms with Gasteiger partial charge < -0.3 is 5.73 Å². The standard InChI is InChI=1S/C20H21F3N4O4/c21-20(22,23)12-6-7-26(9-13(12)24)8-10-2-1-3-11-16(10)19(31)27(18(11)30)14-4-5-15(28)25-17(14)29/h1-3,12-14H,4-9,24H2,(H,25,28,29). The second kappa shape index (κ2) is 7.72. The van der Waals surface area contributed by atoms with E-state index in [1.807, 2.05) is 0 Å². The van der Waals surface area contributed by atoms with Gasteiger partial charge in [-0.2, -0.15) is 13.2 Å². The Morgan fingerprint density at radius 3 is 2.48 bits per heavy atom. The van der Waals surface area contributed by atoms with Crippen molar-refractivity contribution in [3.8, 4) is 0 Å². The normalized spacial score (nSPS) is 27.5. The van der Waals surface area contributed by atoms with Crippen LogP contribution >= 0.6 is 0 Å². The van der Waals surface area contributed by atoms with Gasteiger partial charge in [0, 0.05) is 25.6 Å². The Morgan fingerprint density at radius 1 is 1.10 bits per heavy atom. The van der Waals surface area contributed by atoms with Gasteiger partial charge in [-0.25, -0.2) is 0 Å². The van der Waals surface area contributed by atoms with Crippen molar-refractivity contribution in [2.24, 2.45) is 11.7 Å². The van der Waals surface area contributed by atoms with Gasteiger partial charge in [-0.3, -0.25) is 34.3 Å². The first-order valence-electron chi connectivity index (χ1n) is 9.96. The third-order valence-corrected chi connectivity index (χ3v) is 6.11. The number of nitrogens with zero attached hydrogens (tertiary/aromatic N) is 2. The van der Waals surface area contributed by atoms with Gasteiger partial charge in [0.05, 0.1) is 17.0 Å². The lowest BCUT2D eigenvalue weighted by atomic mass is 9.91. The monoisotopic (exact) mass is 438 g/mol. The van der Waals surface area contributed by atoms with E-state index in [0.29, 0.717) is 5.56 Å². The summed E-state index contributed by atoms with van der Waals surface area (Å²) in [5.74, 6) is -4.00. The second-order valence-electron chi connectivity index (χ2n) is 8.12. The zero-order chi connectivity index (χ0) is 22.5. The highest BCUT2D eigenvalue weighted by atomic mass is 19.4. The van der Waals surface area contributed by atoms with E-state index in [4.69, 9.17) is 5.73 Å². The molecule has 3 aliphatic rings. The minimum Gasteiger partial charge on any atom is -0.326 e. The van der Waals surface area contributed by atoms with Crippen LogP contribution < -0.4 is 11.1 Å². The van der Waals surface area contributed by atoms with Crippen molar-refractivity contribution in [1.82, 2.24) is 15.1 Å². The van der Waals surface area contributed by atoms with Gasteiger partial charge in [0.1, 0.15) is 6.04 Å². The molecule has 3 atom stereocenters. The van der Waals surface area contributed by atoms with Crippen LogP contribution in [0.1, 0.15) is 45.5 Å². The molecule has 11 heteroatoms. The molecule has 3 aliphatic heterocycles. The van der Waals surface area contributed by atoms with Crippen LogP contribution in [0.2, 0.25) is 0 Å². The van der Waals surface area contributed by atoms with E-state index in [1.165, 1.54) is 6.07 Å². The van der Waals surface area contributed by atoms with Gasteiger partial charge in [-0.05, 0) is 31.0 Å². The molecule has 0 aromatic heterocycles. The van der Waals surface area contributed by atoms with E-state index >= 15 is 0 Å². The smallest absolute Gasteiger partial charge is 0.326 e. The minimum absolute atomic E-state index is 0.00678. The lowest BCUT2D eigenvalue weighted by Crippen LogP contribution is -2.54. The molecule has 0 saturated carbocycles. The molecule has 8 nitrogen and oxygen atoms in total. The van der Waals surface area contributed by atoms with Crippen molar-refractivity contribution < 1.29 is 32.3 Å². The number of rotatable bonds is 3. The number of carbonyl (C=O) groups is 4. The second-order valence-corrected chi connectivity index (χ2v) is 8.12. The van der Waals surface area contributed by atoms with E-state index < -0.39 is 47.8 Å². The zero-order valence-electron chi connectivity index (χ0n) is 16.4. The summed E-state index contributed by atoms with van der Waals surface area (Å²) < 4.78 is 39.2. The Morgan fingerprint density at radius 2 is 1.84 bits per heavy atom. The molecule has 1 aromatic rings. The molecule has 3 N–H and O–H groups in total. The number of benzene rings is 1. The predicted octanol–water partition coefficient (Wildman–Crippen LogP) is 0.799. The van der Waals surface area contributed by atoms with E-state index in [0.717, 1.165) is 4.90 Å². The van der Waals surface area contributed by atoms with E-state index in [-0.39, 0.29) is 50.0 Å². The highest BCUT2D eigenvalue weighted by Crippen LogP contribution is 2.35. The third-order valence-electron chi connectivity index (χ3n) is 6.11. The van der Waals surface area contributed by atoms with Crippen molar-refractivity contribution in [3.63, 3.8) is 0 Å². The van der Waals surface area contributed by atoms with Gasteiger partial charge in [-0.1, -0.05) is 12.1 Å². The molecule has 1 aromatic carbocycles. The van der Waals surface area contributed by atoms with Crippen LogP contribution in [-0.2, 0) is 16.1 Å². The molecule has 0 bridgehead atoms. The molecule has 4 amide bonds. The van der Waals surface area contributed by atoms with Crippen molar-refractivity contribution in [1.29, 1.82) is 0 Å². The van der Waals surface area contributed by atoms with Crippen LogP contribution in [0, 0.1) is 5.92 Å². The molecular formula is C20H21F3N4O4. The van der Waals surface area contributed by atoms with Crippen LogP contribution in [0.25, 0.3) is 0 Å². The Kier molecular flexibility index (Phi) is 5.34. The summed E-state index contributed by atoms with van der Waals surface area (Å²) in [5.41, 5.74) is 6.53. The quantitative estimate of drug-likeness (QED) is 0.675. The SMILES string of the molecule is NC1CN(Cc2cccc3c2C(=O)N(C2CCC(=O)NC2=O)C3=O)CCC1C(F)(F)F. The van der Waals surface area contributed by atoms with E-state index in [2.05, 4.69) is 5.32 Å². The Bertz CT molecular complexity index is 964. The fourth-order valence-corrected chi connectivity index (χ4v) is 4.56. The highest BCUT2D eigenvalue weighted by Gasteiger charge is 2.47. The first kappa shape index (κ1) is 21.4. The fourth-order valence-electron chi connectivity index (χ4n) is 4.56. The summed E-state index contributed by atoms with van der Waals surface area (Å²) >= 11 is 0. The number of fused-ring (bicyclic) bond motifs is 1. The number of imide groups is 2. The lowest BCUT2D eigenvalue weighted by Gasteiger charge is -2.37. The largest absolute Gasteiger partial charge is 0.393 e. The first-order chi connectivity index (χ1) is 14.6. The predicted molar refractivity (Wildman–Crippen MR) is 101 cm³/mol. The summed E-state index contributed by atoms with van der Waals surface area (Å²) in [6.45, 7) is 0.317. The Hall–Kier alpha value is -2.79. The number of amides is 4. The van der Waals surface area contributed by atoms with E-state index in [1.54, 1.807) is 17.0 Å². The number of likely N-dealkylation sites (tertiary alicyclic amines) is 1. The fraction of sp³-hybridized carbons (Fsp3) is 0.500. The third kappa shape index (κ3) is 3.83. The summed E-state index contributed by atoms with van der Waals surface area (Å²) in [6.07, 6.45) is -4.44. The molecule has 31 heavy (non-hydrogen) atoms. The topological polar surface area (TPSA) is 113 Å². The molecule has 0 spiro atoms. The maximum atomic E-state index is 13.1. The maximum Gasteiger partial charge on any atom is 0.393 e. The number of carbonyl (C=O) groups excluding carboxylic acids is 4. The number of nitrogens with two attached hydrogens (primary N) is 1.